The molecule has 2 aromatic rings. The number of hydrogen-bond acceptors (Lipinski definition) is 3. The molecule has 132 valence electrons. The Hall–Kier alpha value is -2.49. The molecule has 1 aliphatic heterocycles. The van der Waals surface area contributed by atoms with Gasteiger partial charge in [0, 0.05) is 50.7 Å². The van der Waals surface area contributed by atoms with Gasteiger partial charge in [-0.1, -0.05) is 12.1 Å². The first-order valence-electron chi connectivity index (χ1n) is 9.03. The number of amides is 1. The van der Waals surface area contributed by atoms with E-state index in [0.29, 0.717) is 12.1 Å². The maximum absolute atomic E-state index is 12.3. The van der Waals surface area contributed by atoms with E-state index in [4.69, 9.17) is 0 Å². The van der Waals surface area contributed by atoms with Crippen LogP contribution in [0.5, 0.6) is 0 Å². The van der Waals surface area contributed by atoms with Gasteiger partial charge < -0.3 is 15.1 Å². The zero-order chi connectivity index (χ0) is 17.6. The van der Waals surface area contributed by atoms with Gasteiger partial charge in [-0.25, -0.2) is 0 Å². The van der Waals surface area contributed by atoms with E-state index in [2.05, 4.69) is 51.5 Å². The van der Waals surface area contributed by atoms with Crippen molar-refractivity contribution in [2.45, 2.75) is 25.8 Å². The van der Waals surface area contributed by atoms with Crippen LogP contribution >= 0.6 is 0 Å². The summed E-state index contributed by atoms with van der Waals surface area (Å²) in [6.45, 7) is 2.78. The highest BCUT2D eigenvalue weighted by atomic mass is 16.1. The quantitative estimate of drug-likeness (QED) is 0.904. The van der Waals surface area contributed by atoms with Gasteiger partial charge in [-0.3, -0.25) is 4.79 Å². The molecule has 0 aromatic heterocycles. The second kappa shape index (κ2) is 8.06. The highest BCUT2D eigenvalue weighted by Gasteiger charge is 2.12. The third kappa shape index (κ3) is 4.53. The standard InChI is InChI=1S/C21H27N3O/c1-23(2)19-10-6-17(7-11-19)16-22-21(25)18-8-12-20(13-9-18)24-14-4-3-5-15-24/h6-13H,3-5,14-16H2,1-2H3,(H,22,25). The fourth-order valence-corrected chi connectivity index (χ4v) is 3.17. The lowest BCUT2D eigenvalue weighted by molar-refractivity contribution is 0.0951. The lowest BCUT2D eigenvalue weighted by atomic mass is 10.1. The van der Waals surface area contributed by atoms with Crippen molar-refractivity contribution in [3.8, 4) is 0 Å². The summed E-state index contributed by atoms with van der Waals surface area (Å²) in [5.74, 6) is -0.0260. The Kier molecular flexibility index (Phi) is 5.59. The van der Waals surface area contributed by atoms with Crippen molar-refractivity contribution >= 4 is 17.3 Å². The largest absolute Gasteiger partial charge is 0.378 e. The summed E-state index contributed by atoms with van der Waals surface area (Å²) in [6.07, 6.45) is 3.84. The zero-order valence-corrected chi connectivity index (χ0v) is 15.2. The Labute approximate surface area is 150 Å². The molecule has 1 amide bonds. The zero-order valence-electron chi connectivity index (χ0n) is 15.2. The molecule has 4 nitrogen and oxygen atoms in total. The SMILES string of the molecule is CN(C)c1ccc(CNC(=O)c2ccc(N3CCCCC3)cc2)cc1. The lowest BCUT2D eigenvalue weighted by Gasteiger charge is -2.28. The number of carbonyl (C=O) groups is 1. The second-order valence-electron chi connectivity index (χ2n) is 6.84. The monoisotopic (exact) mass is 337 g/mol. The first kappa shape index (κ1) is 17.3. The molecule has 0 spiro atoms. The van der Waals surface area contributed by atoms with E-state index in [1.54, 1.807) is 0 Å². The van der Waals surface area contributed by atoms with Crippen LogP contribution in [0, 0.1) is 0 Å². The third-order valence-corrected chi connectivity index (χ3v) is 4.76. The molecule has 3 rings (SSSR count). The van der Waals surface area contributed by atoms with Crippen molar-refractivity contribution in [2.24, 2.45) is 0 Å². The summed E-state index contributed by atoms with van der Waals surface area (Å²) < 4.78 is 0. The molecule has 0 aliphatic carbocycles. The number of nitrogens with one attached hydrogen (secondary N) is 1. The number of anilines is 2. The Morgan fingerprint density at radius 2 is 1.60 bits per heavy atom. The number of piperidine rings is 1. The number of carbonyl (C=O) groups excluding carboxylic acids is 1. The summed E-state index contributed by atoms with van der Waals surface area (Å²) in [7, 11) is 4.04. The average Bonchev–Trinajstić information content (AvgIpc) is 2.67. The molecule has 25 heavy (non-hydrogen) atoms. The minimum absolute atomic E-state index is 0.0260. The van der Waals surface area contributed by atoms with E-state index in [-0.39, 0.29) is 5.91 Å². The van der Waals surface area contributed by atoms with E-state index in [9.17, 15) is 4.79 Å². The summed E-state index contributed by atoms with van der Waals surface area (Å²) in [6, 6.07) is 16.2. The molecular weight excluding hydrogens is 310 g/mol. The molecule has 0 saturated carbocycles. The van der Waals surface area contributed by atoms with Gasteiger partial charge in [-0.15, -0.1) is 0 Å². The maximum Gasteiger partial charge on any atom is 0.251 e. The molecular formula is C21H27N3O. The van der Waals surface area contributed by atoms with Crippen LogP contribution in [-0.4, -0.2) is 33.1 Å². The smallest absolute Gasteiger partial charge is 0.251 e. The van der Waals surface area contributed by atoms with Crippen LogP contribution in [0.3, 0.4) is 0 Å². The van der Waals surface area contributed by atoms with Crippen LogP contribution in [0.1, 0.15) is 35.2 Å². The first-order valence-corrected chi connectivity index (χ1v) is 9.03. The average molecular weight is 337 g/mol. The van der Waals surface area contributed by atoms with Crippen LogP contribution in [0.25, 0.3) is 0 Å². The van der Waals surface area contributed by atoms with Crippen molar-refractivity contribution in [1.82, 2.24) is 5.32 Å². The van der Waals surface area contributed by atoms with Crippen molar-refractivity contribution in [3.63, 3.8) is 0 Å². The van der Waals surface area contributed by atoms with Crippen LogP contribution in [0.2, 0.25) is 0 Å². The predicted octanol–water partition coefficient (Wildman–Crippen LogP) is 3.67. The molecule has 2 aromatic carbocycles. The van der Waals surface area contributed by atoms with Gasteiger partial charge in [0.2, 0.25) is 0 Å². The number of nitrogens with zero attached hydrogens (tertiary/aromatic N) is 2. The van der Waals surface area contributed by atoms with Crippen molar-refractivity contribution in [1.29, 1.82) is 0 Å². The lowest BCUT2D eigenvalue weighted by Crippen LogP contribution is -2.29. The van der Waals surface area contributed by atoms with Crippen molar-refractivity contribution in [2.75, 3.05) is 37.0 Å². The van der Waals surface area contributed by atoms with Gasteiger partial charge in [0.25, 0.3) is 5.91 Å². The molecule has 1 fully saturated rings. The van der Waals surface area contributed by atoms with E-state index in [0.717, 1.165) is 24.3 Å². The van der Waals surface area contributed by atoms with E-state index in [1.807, 2.05) is 26.2 Å². The minimum Gasteiger partial charge on any atom is -0.378 e. The molecule has 1 heterocycles. The van der Waals surface area contributed by atoms with Crippen LogP contribution in [0.15, 0.2) is 48.5 Å². The van der Waals surface area contributed by atoms with Gasteiger partial charge in [-0.2, -0.15) is 0 Å². The summed E-state index contributed by atoms with van der Waals surface area (Å²) in [4.78, 5) is 16.8. The third-order valence-electron chi connectivity index (χ3n) is 4.76. The Morgan fingerprint density at radius 3 is 2.20 bits per heavy atom. The number of rotatable bonds is 5. The molecule has 1 saturated heterocycles. The number of benzene rings is 2. The Balaban J connectivity index is 1.55. The minimum atomic E-state index is -0.0260. The Morgan fingerprint density at radius 1 is 0.960 bits per heavy atom. The molecule has 0 bridgehead atoms. The van der Waals surface area contributed by atoms with Gasteiger partial charge in [0.15, 0.2) is 0 Å². The predicted molar refractivity (Wildman–Crippen MR) is 104 cm³/mol. The summed E-state index contributed by atoms with van der Waals surface area (Å²) >= 11 is 0. The highest BCUT2D eigenvalue weighted by molar-refractivity contribution is 5.94. The van der Waals surface area contributed by atoms with Gasteiger partial charge in [-0.05, 0) is 61.2 Å². The first-order chi connectivity index (χ1) is 12.1. The molecule has 4 heteroatoms. The molecule has 0 atom stereocenters. The molecule has 1 aliphatic rings. The molecule has 0 unspecified atom stereocenters. The molecule has 0 radical (unpaired) electrons. The van der Waals surface area contributed by atoms with Gasteiger partial charge >= 0.3 is 0 Å². The topological polar surface area (TPSA) is 35.6 Å². The maximum atomic E-state index is 12.3. The fourth-order valence-electron chi connectivity index (χ4n) is 3.17. The van der Waals surface area contributed by atoms with Crippen LogP contribution < -0.4 is 15.1 Å². The van der Waals surface area contributed by atoms with Crippen LogP contribution in [0.4, 0.5) is 11.4 Å². The number of hydrogen-bond donors (Lipinski definition) is 1. The van der Waals surface area contributed by atoms with Crippen molar-refractivity contribution in [3.05, 3.63) is 59.7 Å². The van der Waals surface area contributed by atoms with Gasteiger partial charge in [0.05, 0.1) is 0 Å². The van der Waals surface area contributed by atoms with Crippen molar-refractivity contribution < 1.29 is 4.79 Å². The normalized spacial score (nSPS) is 14.2. The van der Waals surface area contributed by atoms with E-state index in [1.165, 1.54) is 24.9 Å². The summed E-state index contributed by atoms with van der Waals surface area (Å²) in [5.41, 5.74) is 4.19. The van der Waals surface area contributed by atoms with E-state index < -0.39 is 0 Å². The molecule has 1 N–H and O–H groups in total. The second-order valence-corrected chi connectivity index (χ2v) is 6.84. The van der Waals surface area contributed by atoms with E-state index >= 15 is 0 Å². The van der Waals surface area contributed by atoms with Crippen LogP contribution in [-0.2, 0) is 6.54 Å². The Bertz CT molecular complexity index is 686. The van der Waals surface area contributed by atoms with Gasteiger partial charge in [0.1, 0.15) is 0 Å². The highest BCUT2D eigenvalue weighted by Crippen LogP contribution is 2.20. The summed E-state index contributed by atoms with van der Waals surface area (Å²) in [5, 5.41) is 3.00. The fraction of sp³-hybridized carbons (Fsp3) is 0.381.